The number of aromatic nitrogens is 4. The monoisotopic (exact) mass is 545 g/mol. The van der Waals surface area contributed by atoms with Gasteiger partial charge in [0.05, 0.1) is 42.5 Å². The maximum Gasteiger partial charge on any atom is 0.336 e. The van der Waals surface area contributed by atoms with E-state index >= 15 is 0 Å². The lowest BCUT2D eigenvalue weighted by Gasteiger charge is -2.28. The molecule has 11 heteroatoms. The van der Waals surface area contributed by atoms with Crippen LogP contribution in [0.2, 0.25) is 0 Å². The number of pyridine rings is 1. The Bertz CT molecular complexity index is 1630. The van der Waals surface area contributed by atoms with Crippen molar-refractivity contribution in [3.8, 4) is 11.3 Å². The number of nitrogens with one attached hydrogen (secondary N) is 1. The van der Waals surface area contributed by atoms with Gasteiger partial charge in [-0.05, 0) is 38.5 Å². The van der Waals surface area contributed by atoms with E-state index in [0.717, 1.165) is 11.4 Å². The molecular weight excluding hydrogens is 514 g/mol. The van der Waals surface area contributed by atoms with Gasteiger partial charge < -0.3 is 24.5 Å². The number of rotatable bonds is 7. The molecule has 208 valence electrons. The summed E-state index contributed by atoms with van der Waals surface area (Å²) >= 11 is 0. The van der Waals surface area contributed by atoms with Crippen molar-refractivity contribution in [2.45, 2.75) is 33.9 Å². The van der Waals surface area contributed by atoms with Crippen LogP contribution < -0.4 is 10.3 Å². The zero-order valence-electron chi connectivity index (χ0n) is 22.6. The molecule has 1 fully saturated rings. The summed E-state index contributed by atoms with van der Waals surface area (Å²) in [7, 11) is 0. The van der Waals surface area contributed by atoms with Gasteiger partial charge in [-0.15, -0.1) is 5.10 Å². The van der Waals surface area contributed by atoms with Gasteiger partial charge in [0.15, 0.2) is 5.43 Å². The van der Waals surface area contributed by atoms with Gasteiger partial charge in [-0.25, -0.2) is 9.48 Å². The predicted octanol–water partition coefficient (Wildman–Crippen LogP) is 3.46. The predicted molar refractivity (Wildman–Crippen MR) is 148 cm³/mol. The van der Waals surface area contributed by atoms with Gasteiger partial charge >= 0.3 is 11.9 Å². The van der Waals surface area contributed by atoms with Gasteiger partial charge in [-0.2, -0.15) is 0 Å². The number of nitrogens with zero attached hydrogens (tertiary/aromatic N) is 4. The van der Waals surface area contributed by atoms with Crippen LogP contribution in [-0.4, -0.2) is 63.3 Å². The van der Waals surface area contributed by atoms with Gasteiger partial charge in [-0.1, -0.05) is 29.5 Å². The summed E-state index contributed by atoms with van der Waals surface area (Å²) in [4.78, 5) is 42.8. The minimum absolute atomic E-state index is 0.0572. The molecule has 0 unspecified atom stereocenters. The number of hydrogen-bond acceptors (Lipinski definition) is 8. The van der Waals surface area contributed by atoms with E-state index < -0.39 is 17.4 Å². The molecule has 2 aromatic heterocycles. The smallest absolute Gasteiger partial charge is 0.336 e. The largest absolute Gasteiger partial charge is 0.478 e. The van der Waals surface area contributed by atoms with Crippen LogP contribution in [-0.2, 0) is 27.4 Å². The number of morpholine rings is 1. The highest BCUT2D eigenvalue weighted by molar-refractivity contribution is 5.93. The molecule has 2 aromatic carbocycles. The number of carbonyl (C=O) groups excluding carboxylic acids is 1. The molecule has 0 spiro atoms. The Hall–Kier alpha value is -4.51. The van der Waals surface area contributed by atoms with Crippen LogP contribution in [0.25, 0.3) is 22.2 Å². The van der Waals surface area contributed by atoms with E-state index in [1.165, 1.54) is 6.07 Å². The van der Waals surface area contributed by atoms with Crippen LogP contribution in [0.5, 0.6) is 0 Å². The lowest BCUT2D eigenvalue weighted by molar-refractivity contribution is -0.154. The number of H-pyrrole nitrogens is 1. The van der Waals surface area contributed by atoms with Crippen molar-refractivity contribution in [1.29, 1.82) is 0 Å². The SMILES string of the molecule is CC(C)(C)C(=O)OCc1c(Cn2cc(-c3cccc4c(=O)cc(N5CCOCC5)[nH]c34)nn2)cccc1C(=O)O. The second-order valence-corrected chi connectivity index (χ2v) is 10.7. The first-order chi connectivity index (χ1) is 19.1. The summed E-state index contributed by atoms with van der Waals surface area (Å²) in [6.07, 6.45) is 1.74. The van der Waals surface area contributed by atoms with Crippen molar-refractivity contribution >= 4 is 28.7 Å². The molecule has 4 aromatic rings. The van der Waals surface area contributed by atoms with Crippen LogP contribution in [0.4, 0.5) is 5.82 Å². The maximum absolute atomic E-state index is 13.0. The van der Waals surface area contributed by atoms with Crippen molar-refractivity contribution in [3.63, 3.8) is 0 Å². The van der Waals surface area contributed by atoms with Crippen molar-refractivity contribution < 1.29 is 24.2 Å². The molecule has 0 bridgehead atoms. The molecule has 40 heavy (non-hydrogen) atoms. The summed E-state index contributed by atoms with van der Waals surface area (Å²) in [6, 6.07) is 12.0. The molecule has 0 radical (unpaired) electrons. The molecule has 1 saturated heterocycles. The summed E-state index contributed by atoms with van der Waals surface area (Å²) in [5.41, 5.74) is 2.20. The Morgan fingerprint density at radius 1 is 1.12 bits per heavy atom. The summed E-state index contributed by atoms with van der Waals surface area (Å²) in [5, 5.41) is 18.9. The highest BCUT2D eigenvalue weighted by Crippen LogP contribution is 2.27. The second kappa shape index (κ2) is 10.9. The molecule has 0 aliphatic carbocycles. The number of aromatic carboxylic acids is 1. The first-order valence-corrected chi connectivity index (χ1v) is 13.0. The highest BCUT2D eigenvalue weighted by atomic mass is 16.5. The van der Waals surface area contributed by atoms with Crippen molar-refractivity contribution in [2.24, 2.45) is 5.41 Å². The average molecular weight is 546 g/mol. The number of fused-ring (bicyclic) bond motifs is 1. The van der Waals surface area contributed by atoms with Crippen LogP contribution in [0.1, 0.15) is 42.3 Å². The minimum Gasteiger partial charge on any atom is -0.478 e. The summed E-state index contributed by atoms with van der Waals surface area (Å²) in [6.45, 7) is 7.79. The third-order valence-electron chi connectivity index (χ3n) is 6.81. The second-order valence-electron chi connectivity index (χ2n) is 10.7. The quantitative estimate of drug-likeness (QED) is 0.334. The third-order valence-corrected chi connectivity index (χ3v) is 6.81. The number of ether oxygens (including phenoxy) is 2. The molecule has 5 rings (SSSR count). The number of hydrogen-bond donors (Lipinski definition) is 2. The molecular formula is C29H31N5O6. The Balaban J connectivity index is 1.47. The maximum atomic E-state index is 13.0. The van der Waals surface area contributed by atoms with E-state index in [4.69, 9.17) is 9.47 Å². The van der Waals surface area contributed by atoms with Crippen molar-refractivity contribution in [3.05, 3.63) is 75.6 Å². The molecule has 0 atom stereocenters. The summed E-state index contributed by atoms with van der Waals surface area (Å²) < 4.78 is 12.5. The molecule has 1 aliphatic rings. The van der Waals surface area contributed by atoms with E-state index in [1.54, 1.807) is 62.0 Å². The van der Waals surface area contributed by atoms with Gasteiger partial charge in [0.2, 0.25) is 0 Å². The van der Waals surface area contributed by atoms with Crippen LogP contribution in [0, 0.1) is 5.41 Å². The molecule has 0 saturated carbocycles. The Morgan fingerprint density at radius 3 is 2.60 bits per heavy atom. The average Bonchev–Trinajstić information content (AvgIpc) is 3.39. The van der Waals surface area contributed by atoms with Gasteiger partial charge in [0.1, 0.15) is 18.1 Å². The number of carboxylic acid groups (broad SMARTS) is 1. The standard InChI is InChI=1S/C29H31N5O6/c1-29(2,3)28(38)40-17-22-18(6-4-7-19(22)27(36)37)15-34-16-23(31-32-34)20-8-5-9-21-24(35)14-25(30-26(20)21)33-10-12-39-13-11-33/h4-9,14,16H,10-13,15,17H2,1-3H3,(H,30,35)(H,36,37). The minimum atomic E-state index is -1.11. The van der Waals surface area contributed by atoms with E-state index in [1.807, 2.05) is 6.07 Å². The first-order valence-electron chi connectivity index (χ1n) is 13.0. The van der Waals surface area contributed by atoms with E-state index in [2.05, 4.69) is 20.2 Å². The molecule has 11 nitrogen and oxygen atoms in total. The Morgan fingerprint density at radius 2 is 1.88 bits per heavy atom. The van der Waals surface area contributed by atoms with Crippen molar-refractivity contribution in [2.75, 3.05) is 31.2 Å². The van der Waals surface area contributed by atoms with Crippen LogP contribution in [0.3, 0.4) is 0 Å². The molecule has 3 heterocycles. The first kappa shape index (κ1) is 27.1. The number of carboxylic acids is 1. The number of para-hydroxylation sites is 1. The summed E-state index contributed by atoms with van der Waals surface area (Å²) in [5.74, 6) is -0.817. The van der Waals surface area contributed by atoms with Crippen LogP contribution in [0.15, 0.2) is 53.5 Å². The van der Waals surface area contributed by atoms with Gasteiger partial charge in [-0.3, -0.25) is 9.59 Å². The van der Waals surface area contributed by atoms with Gasteiger partial charge in [0, 0.05) is 35.7 Å². The van der Waals surface area contributed by atoms with E-state index in [9.17, 15) is 19.5 Å². The molecule has 0 amide bonds. The zero-order valence-corrected chi connectivity index (χ0v) is 22.6. The topological polar surface area (TPSA) is 140 Å². The number of carbonyl (C=O) groups is 2. The molecule has 1 aliphatic heterocycles. The number of aromatic amines is 1. The Labute approximate surface area is 230 Å². The fourth-order valence-electron chi connectivity index (χ4n) is 4.63. The van der Waals surface area contributed by atoms with Gasteiger partial charge in [0.25, 0.3) is 0 Å². The normalized spacial score (nSPS) is 13.9. The Kier molecular flexibility index (Phi) is 7.40. The number of anilines is 1. The fraction of sp³-hybridized carbons (Fsp3) is 0.345. The number of esters is 1. The van der Waals surface area contributed by atoms with E-state index in [-0.39, 0.29) is 24.1 Å². The highest BCUT2D eigenvalue weighted by Gasteiger charge is 2.25. The lowest BCUT2D eigenvalue weighted by atomic mass is 9.97. The lowest BCUT2D eigenvalue weighted by Crippen LogP contribution is -2.37. The number of benzene rings is 2. The fourth-order valence-corrected chi connectivity index (χ4v) is 4.63. The van der Waals surface area contributed by atoms with Crippen molar-refractivity contribution in [1.82, 2.24) is 20.0 Å². The third kappa shape index (κ3) is 5.59. The van der Waals surface area contributed by atoms with Crippen LogP contribution >= 0.6 is 0 Å². The zero-order chi connectivity index (χ0) is 28.4. The van der Waals surface area contributed by atoms with E-state index in [0.29, 0.717) is 54.0 Å². The molecule has 2 N–H and O–H groups in total.